The third kappa shape index (κ3) is 3.47. The van der Waals surface area contributed by atoms with Crippen molar-refractivity contribution in [2.24, 2.45) is 0 Å². The first-order valence-electron chi connectivity index (χ1n) is 4.85. The Bertz CT molecular complexity index is 384. The van der Waals surface area contributed by atoms with Crippen LogP contribution < -0.4 is 5.32 Å². The number of nitrogens with one attached hydrogen (secondary N) is 1. The van der Waals surface area contributed by atoms with Crippen molar-refractivity contribution in [1.29, 1.82) is 0 Å². The second-order valence-electron chi connectivity index (χ2n) is 3.51. The van der Waals surface area contributed by atoms with Crippen LogP contribution in [0.15, 0.2) is 18.2 Å². The Hall–Kier alpha value is -1.69. The van der Waals surface area contributed by atoms with Crippen LogP contribution in [-0.4, -0.2) is 22.7 Å². The fourth-order valence-corrected chi connectivity index (χ4v) is 1.31. The van der Waals surface area contributed by atoms with Gasteiger partial charge in [0.15, 0.2) is 0 Å². The molecule has 1 unspecified atom stereocenters. The van der Waals surface area contributed by atoms with Crippen LogP contribution >= 0.6 is 0 Å². The Morgan fingerprint density at radius 3 is 2.81 bits per heavy atom. The van der Waals surface area contributed by atoms with Gasteiger partial charge in [-0.3, -0.25) is 10.1 Å². The van der Waals surface area contributed by atoms with Crippen molar-refractivity contribution in [3.8, 4) is 0 Å². The van der Waals surface area contributed by atoms with Crippen LogP contribution in [-0.2, 0) is 0 Å². The molecule has 1 aromatic carbocycles. The lowest BCUT2D eigenvalue weighted by Gasteiger charge is -2.13. The van der Waals surface area contributed by atoms with Crippen molar-refractivity contribution < 1.29 is 14.4 Å². The van der Waals surface area contributed by atoms with Crippen molar-refractivity contribution in [2.75, 3.05) is 11.9 Å². The summed E-state index contributed by atoms with van der Waals surface area (Å²) in [6, 6.07) is 3.23. The zero-order valence-electron chi connectivity index (χ0n) is 8.81. The molecule has 0 aliphatic rings. The van der Waals surface area contributed by atoms with E-state index in [-0.39, 0.29) is 18.3 Å². The van der Waals surface area contributed by atoms with Crippen LogP contribution in [0.5, 0.6) is 0 Å². The Labute approximate surface area is 92.1 Å². The molecule has 0 bridgehead atoms. The predicted octanol–water partition coefficient (Wildman–Crippen LogP) is 1.92. The number of hydrogen-bond acceptors (Lipinski definition) is 4. The molecule has 1 aromatic rings. The molecule has 6 heteroatoms. The molecule has 0 radical (unpaired) electrons. The summed E-state index contributed by atoms with van der Waals surface area (Å²) >= 11 is 0. The first-order chi connectivity index (χ1) is 7.52. The number of rotatable bonds is 5. The summed E-state index contributed by atoms with van der Waals surface area (Å²) in [4.78, 5) is 9.84. The van der Waals surface area contributed by atoms with E-state index < -0.39 is 10.7 Å². The van der Waals surface area contributed by atoms with Gasteiger partial charge in [0.05, 0.1) is 11.0 Å². The van der Waals surface area contributed by atoms with E-state index in [4.69, 9.17) is 5.11 Å². The lowest BCUT2D eigenvalue weighted by molar-refractivity contribution is -0.385. The number of nitrogens with zero attached hydrogens (tertiary/aromatic N) is 1. The van der Waals surface area contributed by atoms with E-state index >= 15 is 0 Å². The van der Waals surface area contributed by atoms with Gasteiger partial charge in [0.2, 0.25) is 0 Å². The van der Waals surface area contributed by atoms with E-state index in [2.05, 4.69) is 5.32 Å². The van der Waals surface area contributed by atoms with Crippen LogP contribution in [0.4, 0.5) is 15.8 Å². The van der Waals surface area contributed by atoms with E-state index in [1.165, 1.54) is 12.1 Å². The summed E-state index contributed by atoms with van der Waals surface area (Å²) in [7, 11) is 0. The highest BCUT2D eigenvalue weighted by Crippen LogP contribution is 2.20. The molecule has 0 aliphatic heterocycles. The molecule has 5 nitrogen and oxygen atoms in total. The molecule has 1 atom stereocenters. The van der Waals surface area contributed by atoms with E-state index in [0.717, 1.165) is 6.07 Å². The number of benzene rings is 1. The van der Waals surface area contributed by atoms with Crippen molar-refractivity contribution in [1.82, 2.24) is 0 Å². The van der Waals surface area contributed by atoms with Gasteiger partial charge in [-0.2, -0.15) is 0 Å². The average molecular weight is 228 g/mol. The van der Waals surface area contributed by atoms with Gasteiger partial charge in [0.1, 0.15) is 5.82 Å². The summed E-state index contributed by atoms with van der Waals surface area (Å²) in [5, 5.41) is 22.1. The molecule has 0 heterocycles. The number of nitro groups is 1. The largest absolute Gasteiger partial charge is 0.396 e. The molecular formula is C10H13FN2O3. The normalized spacial score (nSPS) is 12.2. The van der Waals surface area contributed by atoms with Gasteiger partial charge in [0.25, 0.3) is 5.69 Å². The Morgan fingerprint density at radius 2 is 2.25 bits per heavy atom. The number of anilines is 1. The topological polar surface area (TPSA) is 75.4 Å². The Morgan fingerprint density at radius 1 is 1.56 bits per heavy atom. The lowest BCUT2D eigenvalue weighted by atomic mass is 10.2. The molecule has 1 rings (SSSR count). The second kappa shape index (κ2) is 5.41. The fourth-order valence-electron chi connectivity index (χ4n) is 1.31. The molecule has 2 N–H and O–H groups in total. The molecule has 0 amide bonds. The number of halogens is 1. The molecule has 0 saturated heterocycles. The minimum atomic E-state index is -0.659. The third-order valence-electron chi connectivity index (χ3n) is 2.07. The maximum Gasteiger partial charge on any atom is 0.274 e. The van der Waals surface area contributed by atoms with Crippen molar-refractivity contribution in [3.05, 3.63) is 34.1 Å². The van der Waals surface area contributed by atoms with Crippen molar-refractivity contribution >= 4 is 11.4 Å². The summed E-state index contributed by atoms with van der Waals surface area (Å²) in [5.41, 5.74) is 0.0475. The number of aliphatic hydroxyl groups excluding tert-OH is 1. The fraction of sp³-hybridized carbons (Fsp3) is 0.400. The van der Waals surface area contributed by atoms with Gasteiger partial charge in [-0.1, -0.05) is 0 Å². The van der Waals surface area contributed by atoms with Crippen LogP contribution in [0.3, 0.4) is 0 Å². The number of hydrogen-bond donors (Lipinski definition) is 2. The molecule has 0 fully saturated rings. The highest BCUT2D eigenvalue weighted by atomic mass is 19.1. The number of non-ortho nitro benzene ring substituents is 1. The number of nitro benzene ring substituents is 1. The van der Waals surface area contributed by atoms with E-state index in [0.29, 0.717) is 12.1 Å². The van der Waals surface area contributed by atoms with Gasteiger partial charge in [0, 0.05) is 24.4 Å². The van der Waals surface area contributed by atoms with Crippen LogP contribution in [0.25, 0.3) is 0 Å². The van der Waals surface area contributed by atoms with E-state index in [1.54, 1.807) is 6.92 Å². The zero-order chi connectivity index (χ0) is 12.1. The summed E-state index contributed by atoms with van der Waals surface area (Å²) in [5.74, 6) is -0.659. The SMILES string of the molecule is CC(CCO)Nc1cc(F)cc([N+](=O)[O-])c1. The first kappa shape index (κ1) is 12.4. The molecular weight excluding hydrogens is 215 g/mol. The van der Waals surface area contributed by atoms with Crippen molar-refractivity contribution in [3.63, 3.8) is 0 Å². The third-order valence-corrected chi connectivity index (χ3v) is 2.07. The highest BCUT2D eigenvalue weighted by molar-refractivity contribution is 5.52. The Kier molecular flexibility index (Phi) is 4.19. The minimum absolute atomic E-state index is 0.00553. The average Bonchev–Trinajstić information content (AvgIpc) is 2.16. The molecule has 0 saturated carbocycles. The molecule has 0 aromatic heterocycles. The standard InChI is InChI=1S/C10H13FN2O3/c1-7(2-3-14)12-9-4-8(11)5-10(6-9)13(15)16/h4-7,12,14H,2-3H2,1H3. The Balaban J connectivity index is 2.84. The molecule has 0 aliphatic carbocycles. The molecule has 88 valence electrons. The predicted molar refractivity (Wildman–Crippen MR) is 57.8 cm³/mol. The maximum atomic E-state index is 13.0. The van der Waals surface area contributed by atoms with Crippen LogP contribution in [0.2, 0.25) is 0 Å². The highest BCUT2D eigenvalue weighted by Gasteiger charge is 2.10. The smallest absolute Gasteiger partial charge is 0.274 e. The van der Waals surface area contributed by atoms with Gasteiger partial charge in [-0.15, -0.1) is 0 Å². The summed E-state index contributed by atoms with van der Waals surface area (Å²) in [6.45, 7) is 1.80. The maximum absolute atomic E-state index is 13.0. The first-order valence-corrected chi connectivity index (χ1v) is 4.85. The quantitative estimate of drug-likeness (QED) is 0.596. The zero-order valence-corrected chi connectivity index (χ0v) is 8.81. The van der Waals surface area contributed by atoms with E-state index in [1.807, 2.05) is 0 Å². The van der Waals surface area contributed by atoms with Crippen LogP contribution in [0, 0.1) is 15.9 Å². The van der Waals surface area contributed by atoms with E-state index in [9.17, 15) is 14.5 Å². The lowest BCUT2D eigenvalue weighted by Crippen LogP contribution is -2.16. The van der Waals surface area contributed by atoms with Gasteiger partial charge >= 0.3 is 0 Å². The monoisotopic (exact) mass is 228 g/mol. The van der Waals surface area contributed by atoms with Crippen LogP contribution in [0.1, 0.15) is 13.3 Å². The number of aliphatic hydroxyl groups is 1. The molecule has 0 spiro atoms. The summed E-state index contributed by atoms with van der Waals surface area (Å²) in [6.07, 6.45) is 0.490. The minimum Gasteiger partial charge on any atom is -0.396 e. The van der Waals surface area contributed by atoms with Gasteiger partial charge in [-0.25, -0.2) is 4.39 Å². The molecule has 16 heavy (non-hydrogen) atoms. The van der Waals surface area contributed by atoms with Gasteiger partial charge in [-0.05, 0) is 19.4 Å². The van der Waals surface area contributed by atoms with Crippen molar-refractivity contribution in [2.45, 2.75) is 19.4 Å². The van der Waals surface area contributed by atoms with Gasteiger partial charge < -0.3 is 10.4 Å². The summed E-state index contributed by atoms with van der Waals surface area (Å²) < 4.78 is 13.0. The second-order valence-corrected chi connectivity index (χ2v) is 3.51.